The van der Waals surface area contributed by atoms with Gasteiger partial charge in [0.2, 0.25) is 0 Å². The number of hydrogen-bond donors (Lipinski definition) is 1. The van der Waals surface area contributed by atoms with Crippen LogP contribution in [0.1, 0.15) is 5.56 Å². The fourth-order valence-electron chi connectivity index (χ4n) is 1.79. The summed E-state index contributed by atoms with van der Waals surface area (Å²) < 4.78 is 5.17. The third kappa shape index (κ3) is 1.19. The molecule has 1 amide bonds. The maximum atomic E-state index is 10.8. The van der Waals surface area contributed by atoms with Crippen LogP contribution < -0.4 is 9.64 Å². The SMILES string of the molecule is COc1cccc2c1CCN2C(=O)O. The van der Waals surface area contributed by atoms with Crippen molar-refractivity contribution in [3.8, 4) is 5.75 Å². The Morgan fingerprint density at radius 2 is 2.36 bits per heavy atom. The Balaban J connectivity index is 2.46. The van der Waals surface area contributed by atoms with Crippen LogP contribution in [-0.2, 0) is 6.42 Å². The van der Waals surface area contributed by atoms with Gasteiger partial charge in [-0.1, -0.05) is 6.07 Å². The van der Waals surface area contributed by atoms with Crippen molar-refractivity contribution in [2.75, 3.05) is 18.6 Å². The van der Waals surface area contributed by atoms with Crippen LogP contribution in [0, 0.1) is 0 Å². The third-order valence-electron chi connectivity index (χ3n) is 2.44. The van der Waals surface area contributed by atoms with Gasteiger partial charge in [0, 0.05) is 12.1 Å². The van der Waals surface area contributed by atoms with Gasteiger partial charge in [-0.2, -0.15) is 0 Å². The second-order valence-corrected chi connectivity index (χ2v) is 3.14. The van der Waals surface area contributed by atoms with Crippen LogP contribution in [0.25, 0.3) is 0 Å². The largest absolute Gasteiger partial charge is 0.496 e. The number of amides is 1. The van der Waals surface area contributed by atoms with Gasteiger partial charge in [-0.15, -0.1) is 0 Å². The average molecular weight is 193 g/mol. The molecule has 0 aromatic heterocycles. The van der Waals surface area contributed by atoms with Crippen molar-refractivity contribution in [2.24, 2.45) is 0 Å². The molecular formula is C10H11NO3. The number of ether oxygens (including phenoxy) is 1. The number of fused-ring (bicyclic) bond motifs is 1. The molecule has 74 valence electrons. The normalized spacial score (nSPS) is 13.9. The van der Waals surface area contributed by atoms with Gasteiger partial charge in [0.15, 0.2) is 0 Å². The quantitative estimate of drug-likeness (QED) is 0.739. The molecule has 4 nitrogen and oxygen atoms in total. The van der Waals surface area contributed by atoms with Crippen LogP contribution in [0.3, 0.4) is 0 Å². The average Bonchev–Trinajstić information content (AvgIpc) is 2.60. The van der Waals surface area contributed by atoms with Crippen molar-refractivity contribution in [3.63, 3.8) is 0 Å². The highest BCUT2D eigenvalue weighted by Crippen LogP contribution is 2.34. The Bertz CT molecular complexity index is 376. The summed E-state index contributed by atoms with van der Waals surface area (Å²) in [6.45, 7) is 0.519. The molecule has 4 heteroatoms. The van der Waals surface area contributed by atoms with Crippen molar-refractivity contribution in [3.05, 3.63) is 23.8 Å². The lowest BCUT2D eigenvalue weighted by Crippen LogP contribution is -2.26. The van der Waals surface area contributed by atoms with Crippen molar-refractivity contribution < 1.29 is 14.6 Å². The first-order chi connectivity index (χ1) is 6.74. The highest BCUT2D eigenvalue weighted by Gasteiger charge is 2.26. The summed E-state index contributed by atoms with van der Waals surface area (Å²) in [4.78, 5) is 12.2. The molecule has 0 radical (unpaired) electrons. The zero-order chi connectivity index (χ0) is 10.1. The highest BCUT2D eigenvalue weighted by molar-refractivity contribution is 5.89. The molecule has 1 aromatic carbocycles. The van der Waals surface area contributed by atoms with Crippen molar-refractivity contribution in [1.82, 2.24) is 0 Å². The standard InChI is InChI=1S/C10H11NO3/c1-14-9-4-2-3-8-7(9)5-6-11(8)10(12)13/h2-4H,5-6H2,1H3,(H,12,13). The van der Waals surface area contributed by atoms with E-state index < -0.39 is 6.09 Å². The van der Waals surface area contributed by atoms with Gasteiger partial charge in [0.1, 0.15) is 5.75 Å². The maximum Gasteiger partial charge on any atom is 0.411 e. The van der Waals surface area contributed by atoms with Gasteiger partial charge in [0.05, 0.1) is 12.8 Å². The lowest BCUT2D eigenvalue weighted by molar-refractivity contribution is 0.202. The molecule has 0 aliphatic carbocycles. The third-order valence-corrected chi connectivity index (χ3v) is 2.44. The van der Waals surface area contributed by atoms with E-state index >= 15 is 0 Å². The van der Waals surface area contributed by atoms with E-state index in [1.54, 1.807) is 19.2 Å². The number of carboxylic acid groups (broad SMARTS) is 1. The number of nitrogens with zero attached hydrogens (tertiary/aromatic N) is 1. The fourth-order valence-corrected chi connectivity index (χ4v) is 1.79. The first-order valence-electron chi connectivity index (χ1n) is 4.40. The molecule has 0 bridgehead atoms. The summed E-state index contributed by atoms with van der Waals surface area (Å²) in [5.41, 5.74) is 1.73. The predicted molar refractivity (Wildman–Crippen MR) is 52.1 cm³/mol. The number of rotatable bonds is 1. The zero-order valence-corrected chi connectivity index (χ0v) is 7.86. The molecule has 0 fully saturated rings. The van der Waals surface area contributed by atoms with Crippen LogP contribution >= 0.6 is 0 Å². The van der Waals surface area contributed by atoms with E-state index in [0.29, 0.717) is 6.54 Å². The van der Waals surface area contributed by atoms with Gasteiger partial charge in [-0.05, 0) is 18.6 Å². The Labute approximate surface area is 81.7 Å². The Kier molecular flexibility index (Phi) is 2.04. The molecule has 14 heavy (non-hydrogen) atoms. The van der Waals surface area contributed by atoms with Gasteiger partial charge < -0.3 is 9.84 Å². The van der Waals surface area contributed by atoms with E-state index in [1.165, 1.54) is 4.90 Å². The Morgan fingerprint density at radius 1 is 1.57 bits per heavy atom. The van der Waals surface area contributed by atoms with Crippen LogP contribution in [0.4, 0.5) is 10.5 Å². The predicted octanol–water partition coefficient (Wildman–Crippen LogP) is 1.74. The van der Waals surface area contributed by atoms with Crippen molar-refractivity contribution in [1.29, 1.82) is 0 Å². The minimum absolute atomic E-state index is 0.519. The van der Waals surface area contributed by atoms with Crippen LogP contribution in [0.5, 0.6) is 5.75 Å². The summed E-state index contributed by atoms with van der Waals surface area (Å²) >= 11 is 0. The first-order valence-corrected chi connectivity index (χ1v) is 4.40. The molecule has 1 aliphatic rings. The number of benzene rings is 1. The summed E-state index contributed by atoms with van der Waals surface area (Å²) in [5.74, 6) is 0.770. The molecule has 0 saturated heterocycles. The van der Waals surface area contributed by atoms with E-state index in [0.717, 1.165) is 23.4 Å². The lowest BCUT2D eigenvalue weighted by atomic mass is 10.1. The molecule has 1 N–H and O–H groups in total. The van der Waals surface area contributed by atoms with E-state index in [2.05, 4.69) is 0 Å². The maximum absolute atomic E-state index is 10.8. The number of carbonyl (C=O) groups is 1. The highest BCUT2D eigenvalue weighted by atomic mass is 16.5. The Hall–Kier alpha value is -1.71. The summed E-state index contributed by atoms with van der Waals surface area (Å²) in [6, 6.07) is 5.46. The molecule has 1 heterocycles. The zero-order valence-electron chi connectivity index (χ0n) is 7.86. The molecule has 0 atom stereocenters. The Morgan fingerprint density at radius 3 is 3.00 bits per heavy atom. The summed E-state index contributed by atoms with van der Waals surface area (Å²) in [5, 5.41) is 8.91. The summed E-state index contributed by atoms with van der Waals surface area (Å²) in [7, 11) is 1.60. The summed E-state index contributed by atoms with van der Waals surface area (Å²) in [6.07, 6.45) is -0.178. The van der Waals surface area contributed by atoms with E-state index in [1.807, 2.05) is 6.07 Å². The van der Waals surface area contributed by atoms with Crippen LogP contribution in [0.2, 0.25) is 0 Å². The van der Waals surface area contributed by atoms with E-state index in [-0.39, 0.29) is 0 Å². The fraction of sp³-hybridized carbons (Fsp3) is 0.300. The second-order valence-electron chi connectivity index (χ2n) is 3.14. The number of methoxy groups -OCH3 is 1. The topological polar surface area (TPSA) is 49.8 Å². The molecule has 0 saturated carbocycles. The van der Waals surface area contributed by atoms with Gasteiger partial charge in [-0.3, -0.25) is 4.90 Å². The van der Waals surface area contributed by atoms with Crippen LogP contribution in [-0.4, -0.2) is 24.9 Å². The van der Waals surface area contributed by atoms with Crippen molar-refractivity contribution in [2.45, 2.75) is 6.42 Å². The molecule has 1 aromatic rings. The van der Waals surface area contributed by atoms with Crippen LogP contribution in [0.15, 0.2) is 18.2 Å². The van der Waals surface area contributed by atoms with Gasteiger partial charge in [0.25, 0.3) is 0 Å². The van der Waals surface area contributed by atoms with Gasteiger partial charge in [-0.25, -0.2) is 4.79 Å². The first kappa shape index (κ1) is 8.87. The minimum atomic E-state index is -0.906. The molecule has 0 spiro atoms. The minimum Gasteiger partial charge on any atom is -0.496 e. The smallest absolute Gasteiger partial charge is 0.411 e. The number of anilines is 1. The van der Waals surface area contributed by atoms with Crippen molar-refractivity contribution >= 4 is 11.8 Å². The molecule has 2 rings (SSSR count). The molecule has 1 aliphatic heterocycles. The van der Waals surface area contributed by atoms with Gasteiger partial charge >= 0.3 is 6.09 Å². The van der Waals surface area contributed by atoms with E-state index in [9.17, 15) is 4.79 Å². The lowest BCUT2D eigenvalue weighted by Gasteiger charge is -2.12. The molecule has 0 unspecified atom stereocenters. The molecular weight excluding hydrogens is 182 g/mol. The number of hydrogen-bond acceptors (Lipinski definition) is 2. The monoisotopic (exact) mass is 193 g/mol. The second kappa shape index (κ2) is 3.21. The van der Waals surface area contributed by atoms with E-state index in [4.69, 9.17) is 9.84 Å².